The largest absolute Gasteiger partial charge is 0.444 e. The van der Waals surface area contributed by atoms with Gasteiger partial charge in [0.25, 0.3) is 0 Å². The van der Waals surface area contributed by atoms with Gasteiger partial charge >= 0.3 is 6.09 Å². The van der Waals surface area contributed by atoms with E-state index in [1.807, 2.05) is 25.7 Å². The predicted octanol–water partition coefficient (Wildman–Crippen LogP) is 4.38. The predicted molar refractivity (Wildman–Crippen MR) is 81.6 cm³/mol. The Labute approximate surface area is 123 Å². The molecule has 0 aromatic heterocycles. The fraction of sp³-hybridized carbons (Fsp3) is 0.824. The molecule has 0 atom stereocenters. The SMILES string of the molecule is CC/C=C/C1CC2(CCN(C(=O)OC(C)(C)C)CC2)C1. The molecule has 3 heteroatoms. The lowest BCUT2D eigenvalue weighted by atomic mass is 9.57. The van der Waals surface area contributed by atoms with Gasteiger partial charge in [0.1, 0.15) is 5.60 Å². The van der Waals surface area contributed by atoms with Crippen LogP contribution in [0.2, 0.25) is 0 Å². The minimum atomic E-state index is -0.390. The van der Waals surface area contributed by atoms with Gasteiger partial charge in [-0.2, -0.15) is 0 Å². The van der Waals surface area contributed by atoms with Crippen LogP contribution in [0, 0.1) is 11.3 Å². The summed E-state index contributed by atoms with van der Waals surface area (Å²) in [6, 6.07) is 0. The topological polar surface area (TPSA) is 29.5 Å². The van der Waals surface area contributed by atoms with E-state index in [2.05, 4.69) is 19.1 Å². The quantitative estimate of drug-likeness (QED) is 0.702. The minimum absolute atomic E-state index is 0.144. The maximum absolute atomic E-state index is 12.0. The molecule has 2 aliphatic rings. The van der Waals surface area contributed by atoms with Gasteiger partial charge in [-0.15, -0.1) is 0 Å². The van der Waals surface area contributed by atoms with Gasteiger partial charge in [0.15, 0.2) is 0 Å². The Bertz CT molecular complexity index is 365. The van der Waals surface area contributed by atoms with E-state index in [4.69, 9.17) is 4.74 Å². The van der Waals surface area contributed by atoms with E-state index in [9.17, 15) is 4.79 Å². The van der Waals surface area contributed by atoms with E-state index in [0.717, 1.165) is 38.3 Å². The van der Waals surface area contributed by atoms with Crippen molar-refractivity contribution in [3.8, 4) is 0 Å². The summed E-state index contributed by atoms with van der Waals surface area (Å²) in [5.74, 6) is 0.781. The molecule has 0 aromatic carbocycles. The fourth-order valence-electron chi connectivity index (χ4n) is 3.42. The minimum Gasteiger partial charge on any atom is -0.444 e. The molecule has 0 unspecified atom stereocenters. The van der Waals surface area contributed by atoms with E-state index in [-0.39, 0.29) is 6.09 Å². The van der Waals surface area contributed by atoms with Crippen LogP contribution in [0.3, 0.4) is 0 Å². The summed E-state index contributed by atoms with van der Waals surface area (Å²) in [7, 11) is 0. The summed E-state index contributed by atoms with van der Waals surface area (Å²) in [5, 5.41) is 0. The first-order valence-electron chi connectivity index (χ1n) is 7.98. The molecule has 2 rings (SSSR count). The molecular weight excluding hydrogens is 250 g/mol. The first-order chi connectivity index (χ1) is 9.34. The number of carbonyl (C=O) groups excluding carboxylic acids is 1. The van der Waals surface area contributed by atoms with Crippen molar-refractivity contribution in [3.05, 3.63) is 12.2 Å². The fourth-order valence-corrected chi connectivity index (χ4v) is 3.42. The lowest BCUT2D eigenvalue weighted by molar-refractivity contribution is -0.0173. The van der Waals surface area contributed by atoms with E-state index in [1.165, 1.54) is 12.8 Å². The average molecular weight is 279 g/mol. The average Bonchev–Trinajstić information content (AvgIpc) is 2.32. The molecular formula is C17H29NO2. The summed E-state index contributed by atoms with van der Waals surface area (Å²) >= 11 is 0. The van der Waals surface area contributed by atoms with Crippen molar-refractivity contribution in [1.82, 2.24) is 4.90 Å². The summed E-state index contributed by atoms with van der Waals surface area (Å²) in [6.45, 7) is 9.68. The number of carbonyl (C=O) groups is 1. The van der Waals surface area contributed by atoms with Gasteiger partial charge in [-0.1, -0.05) is 19.1 Å². The van der Waals surface area contributed by atoms with E-state index in [1.54, 1.807) is 0 Å². The molecule has 2 fully saturated rings. The van der Waals surface area contributed by atoms with Gasteiger partial charge in [0.2, 0.25) is 0 Å². The molecule has 1 aliphatic carbocycles. The van der Waals surface area contributed by atoms with E-state index >= 15 is 0 Å². The van der Waals surface area contributed by atoms with Crippen molar-refractivity contribution in [2.24, 2.45) is 11.3 Å². The molecule has 1 heterocycles. The molecule has 1 amide bonds. The van der Waals surface area contributed by atoms with Gasteiger partial charge in [-0.3, -0.25) is 0 Å². The Morgan fingerprint density at radius 3 is 2.40 bits per heavy atom. The maximum atomic E-state index is 12.0. The number of piperidine rings is 1. The van der Waals surface area contributed by atoms with Crippen molar-refractivity contribution >= 4 is 6.09 Å². The second-order valence-electron chi connectivity index (χ2n) is 7.47. The molecule has 114 valence electrons. The van der Waals surface area contributed by atoms with Crippen molar-refractivity contribution < 1.29 is 9.53 Å². The van der Waals surface area contributed by atoms with Gasteiger partial charge in [-0.25, -0.2) is 4.79 Å². The van der Waals surface area contributed by atoms with Crippen molar-refractivity contribution in [1.29, 1.82) is 0 Å². The van der Waals surface area contributed by atoms with Crippen LogP contribution < -0.4 is 0 Å². The third-order valence-electron chi connectivity index (χ3n) is 4.51. The monoisotopic (exact) mass is 279 g/mol. The molecule has 1 aliphatic heterocycles. The molecule has 1 saturated carbocycles. The van der Waals surface area contributed by atoms with Gasteiger partial charge in [-0.05, 0) is 64.2 Å². The van der Waals surface area contributed by atoms with Crippen LogP contribution in [0.4, 0.5) is 4.79 Å². The zero-order chi connectivity index (χ0) is 14.8. The third kappa shape index (κ3) is 3.77. The van der Waals surface area contributed by atoms with Crippen LogP contribution in [-0.2, 0) is 4.74 Å². The number of ether oxygens (including phenoxy) is 1. The van der Waals surface area contributed by atoms with Crippen LogP contribution >= 0.6 is 0 Å². The zero-order valence-corrected chi connectivity index (χ0v) is 13.4. The normalized spacial score (nSPS) is 23.1. The van der Waals surface area contributed by atoms with E-state index < -0.39 is 5.60 Å². The molecule has 0 aromatic rings. The van der Waals surface area contributed by atoms with Crippen LogP contribution in [0.15, 0.2) is 12.2 Å². The smallest absolute Gasteiger partial charge is 0.410 e. The van der Waals surface area contributed by atoms with Gasteiger partial charge in [0.05, 0.1) is 0 Å². The van der Waals surface area contributed by atoms with Crippen molar-refractivity contribution in [2.75, 3.05) is 13.1 Å². The molecule has 0 bridgehead atoms. The Hall–Kier alpha value is -0.990. The first kappa shape index (κ1) is 15.4. The zero-order valence-electron chi connectivity index (χ0n) is 13.4. The number of hydrogen-bond acceptors (Lipinski definition) is 2. The number of allylic oxidation sites excluding steroid dienone is 2. The summed E-state index contributed by atoms with van der Waals surface area (Å²) in [6.07, 6.45) is 10.6. The highest BCUT2D eigenvalue weighted by Crippen LogP contribution is 2.53. The second-order valence-corrected chi connectivity index (χ2v) is 7.47. The standard InChI is InChI=1S/C17H29NO2/c1-5-6-7-14-12-17(13-14)8-10-18(11-9-17)15(19)20-16(2,3)4/h6-7,14H,5,8-13H2,1-4H3/b7-6+. The number of amides is 1. The first-order valence-corrected chi connectivity index (χ1v) is 7.98. The van der Waals surface area contributed by atoms with Gasteiger partial charge < -0.3 is 9.64 Å². The number of likely N-dealkylation sites (tertiary alicyclic amines) is 1. The molecule has 3 nitrogen and oxygen atoms in total. The Kier molecular flexibility index (Phi) is 4.46. The Morgan fingerprint density at radius 1 is 1.30 bits per heavy atom. The van der Waals surface area contributed by atoms with Crippen molar-refractivity contribution in [2.45, 2.75) is 65.4 Å². The Balaban J connectivity index is 1.76. The van der Waals surface area contributed by atoms with Crippen LogP contribution in [0.25, 0.3) is 0 Å². The summed E-state index contributed by atoms with van der Waals surface area (Å²) < 4.78 is 5.45. The van der Waals surface area contributed by atoms with Crippen LogP contribution in [0.1, 0.15) is 59.8 Å². The summed E-state index contributed by atoms with van der Waals surface area (Å²) in [4.78, 5) is 13.9. The van der Waals surface area contributed by atoms with E-state index in [0.29, 0.717) is 5.41 Å². The summed E-state index contributed by atoms with van der Waals surface area (Å²) in [5.41, 5.74) is 0.125. The molecule has 1 saturated heterocycles. The van der Waals surface area contributed by atoms with Crippen LogP contribution in [-0.4, -0.2) is 29.7 Å². The highest BCUT2D eigenvalue weighted by molar-refractivity contribution is 5.68. The second kappa shape index (κ2) is 5.79. The highest BCUT2D eigenvalue weighted by Gasteiger charge is 2.45. The molecule has 0 radical (unpaired) electrons. The maximum Gasteiger partial charge on any atom is 0.410 e. The number of nitrogens with zero attached hydrogens (tertiary/aromatic N) is 1. The lowest BCUT2D eigenvalue weighted by Crippen LogP contribution is -2.49. The molecule has 1 spiro atoms. The Morgan fingerprint density at radius 2 is 1.90 bits per heavy atom. The molecule has 0 N–H and O–H groups in total. The third-order valence-corrected chi connectivity index (χ3v) is 4.51. The highest BCUT2D eigenvalue weighted by atomic mass is 16.6. The van der Waals surface area contributed by atoms with Crippen molar-refractivity contribution in [3.63, 3.8) is 0 Å². The van der Waals surface area contributed by atoms with Crippen LogP contribution in [0.5, 0.6) is 0 Å². The lowest BCUT2D eigenvalue weighted by Gasteiger charge is -2.51. The van der Waals surface area contributed by atoms with Gasteiger partial charge in [0, 0.05) is 13.1 Å². The number of hydrogen-bond donors (Lipinski definition) is 0. The number of rotatable bonds is 2. The molecule has 20 heavy (non-hydrogen) atoms.